The maximum atomic E-state index is 2.72. The van der Waals surface area contributed by atoms with Gasteiger partial charge in [0.15, 0.2) is 0 Å². The van der Waals surface area contributed by atoms with Crippen LogP contribution in [0.3, 0.4) is 0 Å². The lowest BCUT2D eigenvalue weighted by Crippen LogP contribution is -2.65. The van der Waals surface area contributed by atoms with Crippen LogP contribution in [0.4, 0.5) is 17.1 Å². The molecule has 0 fully saturated rings. The molecule has 0 unspecified atom stereocenters. The molecule has 0 N–H and O–H groups in total. The molecule has 3 heteroatoms. The molecule has 1 nitrogen and oxygen atoms in total. The van der Waals surface area contributed by atoms with Gasteiger partial charge in [-0.25, -0.2) is 0 Å². The molecule has 0 bridgehead atoms. The fraction of sp³-hybridized carbons (Fsp3) is 0.143. The summed E-state index contributed by atoms with van der Waals surface area (Å²) in [5, 5.41) is 0. The molecule has 0 saturated heterocycles. The Kier molecular flexibility index (Phi) is 4.84. The van der Waals surface area contributed by atoms with Crippen molar-refractivity contribution >= 4 is 63.3 Å². The average Bonchev–Trinajstić information content (AvgIpc) is 3.17. The zero-order valence-electron chi connectivity index (χ0n) is 29.0. The van der Waals surface area contributed by atoms with Gasteiger partial charge in [-0.1, -0.05) is 148 Å². The summed E-state index contributed by atoms with van der Waals surface area (Å²) in [7, 11) is 0. The highest BCUT2D eigenvalue weighted by atomic mass is 15.2. The molecule has 14 rings (SSSR count). The van der Waals surface area contributed by atoms with Gasteiger partial charge < -0.3 is 4.90 Å². The fourth-order valence-electron chi connectivity index (χ4n) is 12.3. The van der Waals surface area contributed by atoms with Crippen LogP contribution in [0.1, 0.15) is 77.9 Å². The summed E-state index contributed by atoms with van der Waals surface area (Å²) in [5.74, 6) is 0. The normalized spacial score (nSPS) is 16.2. The lowest BCUT2D eigenvalue weighted by molar-refractivity contribution is 0.943. The molecule has 7 heterocycles. The van der Waals surface area contributed by atoms with Gasteiger partial charge in [0.2, 0.25) is 13.4 Å². The topological polar surface area (TPSA) is 3.24 Å². The van der Waals surface area contributed by atoms with Gasteiger partial charge in [-0.3, -0.25) is 0 Å². The molecule has 0 radical (unpaired) electrons. The Balaban J connectivity index is 1.03. The Hall–Kier alpha value is -5.53. The van der Waals surface area contributed by atoms with E-state index in [2.05, 4.69) is 120 Å². The first-order valence-electron chi connectivity index (χ1n) is 19.4. The largest absolute Gasteiger partial charge is 0.309 e. The van der Waals surface area contributed by atoms with Crippen molar-refractivity contribution in [2.45, 2.75) is 44.9 Å². The van der Waals surface area contributed by atoms with Crippen LogP contribution in [0.5, 0.6) is 0 Å². The first kappa shape index (κ1) is 27.2. The maximum absolute atomic E-state index is 2.72. The highest BCUT2D eigenvalue weighted by Gasteiger charge is 2.45. The summed E-state index contributed by atoms with van der Waals surface area (Å²) >= 11 is 0. The second-order valence-corrected chi connectivity index (χ2v) is 16.6. The monoisotopic (exact) mass is 657 g/mol. The molecular weight excluding hydrogens is 624 g/mol. The van der Waals surface area contributed by atoms with E-state index in [-0.39, 0.29) is 6.71 Å². The minimum absolute atomic E-state index is 0.267. The Bertz CT molecular complexity index is 2850. The summed E-state index contributed by atoms with van der Waals surface area (Å²) in [6.45, 7) is 0.577. The quantitative estimate of drug-likeness (QED) is 0.195. The first-order chi connectivity index (χ1) is 25.7. The lowest BCUT2D eigenvalue weighted by Gasteiger charge is -2.46. The van der Waals surface area contributed by atoms with Crippen LogP contribution < -0.4 is 37.7 Å². The van der Waals surface area contributed by atoms with Gasteiger partial charge in [0, 0.05) is 19.3 Å². The molecule has 52 heavy (non-hydrogen) atoms. The Labute approximate surface area is 305 Å². The molecule has 0 amide bonds. The third kappa shape index (κ3) is 3.22. The number of fused-ring (bicyclic) bond motifs is 9. The van der Waals surface area contributed by atoms with Gasteiger partial charge in [-0.05, 0) is 104 Å². The summed E-state index contributed by atoms with van der Waals surface area (Å²) in [6.07, 6.45) is 7.22. The number of hydrogen-bond donors (Lipinski definition) is 0. The highest BCUT2D eigenvalue weighted by molar-refractivity contribution is 7.00. The van der Waals surface area contributed by atoms with E-state index in [9.17, 15) is 0 Å². The number of anilines is 3. The van der Waals surface area contributed by atoms with Crippen LogP contribution >= 0.6 is 0 Å². The van der Waals surface area contributed by atoms with Crippen LogP contribution in [-0.2, 0) is 44.9 Å². The van der Waals surface area contributed by atoms with Gasteiger partial charge in [-0.15, -0.1) is 0 Å². The molecule has 7 aromatic rings. The first-order valence-corrected chi connectivity index (χ1v) is 19.4. The van der Waals surface area contributed by atoms with E-state index < -0.39 is 0 Å². The predicted octanol–water partition coefficient (Wildman–Crippen LogP) is 5.52. The predicted molar refractivity (Wildman–Crippen MR) is 216 cm³/mol. The van der Waals surface area contributed by atoms with Crippen LogP contribution in [-0.4, -0.2) is 13.4 Å². The van der Waals surface area contributed by atoms with Gasteiger partial charge in [0.05, 0.1) is 17.1 Å². The van der Waals surface area contributed by atoms with E-state index in [0.717, 1.165) is 44.9 Å². The van der Waals surface area contributed by atoms with E-state index in [4.69, 9.17) is 0 Å². The van der Waals surface area contributed by atoms with Crippen molar-refractivity contribution in [3.63, 3.8) is 0 Å². The molecule has 0 aromatic heterocycles. The van der Waals surface area contributed by atoms with E-state index >= 15 is 0 Å². The number of benzene rings is 7. The SMILES string of the molecule is c1ccc2c(c1)Cc1cccc3c1B2c1cc2c(cc1C3)Cc1cccc3c1B2c1cc2c4c(c1C3)Cc1cccc3c1N4c1c(cccc1C2)C3. The summed E-state index contributed by atoms with van der Waals surface area (Å²) in [6, 6.07) is 45.8. The van der Waals surface area contributed by atoms with Crippen LogP contribution in [0.2, 0.25) is 0 Å². The summed E-state index contributed by atoms with van der Waals surface area (Å²) in [5.41, 5.74) is 35.2. The van der Waals surface area contributed by atoms with E-state index in [1.807, 2.05) is 0 Å². The number of nitrogens with zero attached hydrogens (tertiary/aromatic N) is 1. The molecule has 7 aliphatic rings. The van der Waals surface area contributed by atoms with Crippen molar-refractivity contribution in [1.29, 1.82) is 0 Å². The molecule has 7 aliphatic heterocycles. The minimum atomic E-state index is 0.267. The molecular formula is C49H33B2N. The zero-order chi connectivity index (χ0) is 33.4. The minimum Gasteiger partial charge on any atom is -0.309 e. The van der Waals surface area contributed by atoms with E-state index in [0.29, 0.717) is 6.71 Å². The van der Waals surface area contributed by atoms with Crippen LogP contribution in [0, 0.1) is 0 Å². The van der Waals surface area contributed by atoms with Crippen molar-refractivity contribution in [1.82, 2.24) is 0 Å². The van der Waals surface area contributed by atoms with Crippen molar-refractivity contribution < 1.29 is 0 Å². The number of hydrogen-bond acceptors (Lipinski definition) is 1. The molecule has 240 valence electrons. The zero-order valence-corrected chi connectivity index (χ0v) is 29.0. The highest BCUT2D eigenvalue weighted by Crippen LogP contribution is 2.56. The number of rotatable bonds is 0. The van der Waals surface area contributed by atoms with E-state index in [1.165, 1.54) is 83.7 Å². The van der Waals surface area contributed by atoms with Gasteiger partial charge in [-0.2, -0.15) is 0 Å². The molecule has 0 saturated carbocycles. The molecule has 7 aromatic carbocycles. The molecule has 0 aliphatic carbocycles. The second kappa shape index (κ2) is 9.27. The molecule has 0 atom stereocenters. The Morgan fingerprint density at radius 2 is 0.769 bits per heavy atom. The molecule has 0 spiro atoms. The van der Waals surface area contributed by atoms with Crippen molar-refractivity contribution in [3.8, 4) is 0 Å². The van der Waals surface area contributed by atoms with E-state index in [1.54, 1.807) is 44.0 Å². The summed E-state index contributed by atoms with van der Waals surface area (Å²) in [4.78, 5) is 2.71. The third-order valence-corrected chi connectivity index (χ3v) is 14.2. The van der Waals surface area contributed by atoms with Crippen LogP contribution in [0.25, 0.3) is 0 Å². The average molecular weight is 657 g/mol. The lowest BCUT2D eigenvalue weighted by atomic mass is 9.27. The smallest absolute Gasteiger partial charge is 0.242 e. The van der Waals surface area contributed by atoms with Crippen molar-refractivity contribution in [2.75, 3.05) is 4.90 Å². The van der Waals surface area contributed by atoms with Crippen molar-refractivity contribution in [2.24, 2.45) is 0 Å². The third-order valence-electron chi connectivity index (χ3n) is 14.2. The van der Waals surface area contributed by atoms with Gasteiger partial charge in [0.25, 0.3) is 0 Å². The standard InChI is InChI=1S/C49H33B2N/c1-2-16-41-27(7-1)17-28-8-3-9-29-18-36-22-37-19-30-10-4-11-31-23-39-40-24-35-15-6-13-33-20-32-12-5-14-34-21-38(49(40)52(47(32)34)48(33)35)25-44(39)51(46(30)31)43(37)26-42(36)50(41)45(28)29/h1-16,22,25-26H,17-21,23-24H2. The Morgan fingerprint density at radius 1 is 0.308 bits per heavy atom. The second-order valence-electron chi connectivity index (χ2n) is 16.6. The van der Waals surface area contributed by atoms with Crippen LogP contribution in [0.15, 0.2) is 115 Å². The Morgan fingerprint density at radius 3 is 1.42 bits per heavy atom. The summed E-state index contributed by atoms with van der Waals surface area (Å²) < 4.78 is 0. The maximum Gasteiger partial charge on any atom is 0.242 e. The van der Waals surface area contributed by atoms with Gasteiger partial charge >= 0.3 is 0 Å². The number of para-hydroxylation sites is 2. The fourth-order valence-corrected chi connectivity index (χ4v) is 12.3. The van der Waals surface area contributed by atoms with Gasteiger partial charge in [0.1, 0.15) is 0 Å². The van der Waals surface area contributed by atoms with Crippen molar-refractivity contribution in [3.05, 3.63) is 193 Å².